The van der Waals surface area contributed by atoms with Crippen LogP contribution in [0.2, 0.25) is 0 Å². The highest BCUT2D eigenvalue weighted by Crippen LogP contribution is 2.40. The summed E-state index contributed by atoms with van der Waals surface area (Å²) in [5.74, 6) is 0.748. The van der Waals surface area contributed by atoms with Gasteiger partial charge in [-0.15, -0.1) is 0 Å². The number of cyclic esters (lactones) is 1. The van der Waals surface area contributed by atoms with Crippen LogP contribution in [0.3, 0.4) is 0 Å². The Kier molecular flexibility index (Phi) is 5.62. The first-order chi connectivity index (χ1) is 18.2. The van der Waals surface area contributed by atoms with Gasteiger partial charge in [0.05, 0.1) is 23.4 Å². The average molecular weight is 515 g/mol. The number of halogens is 1. The van der Waals surface area contributed by atoms with E-state index in [1.54, 1.807) is 32.3 Å². The second-order valence-corrected chi connectivity index (χ2v) is 10.3. The molecule has 1 saturated carbocycles. The molecular weight excluding hydrogens is 487 g/mol. The zero-order chi connectivity index (χ0) is 26.6. The Labute approximate surface area is 219 Å². The van der Waals surface area contributed by atoms with Crippen LogP contribution in [-0.4, -0.2) is 36.7 Å². The molecule has 6 rings (SSSR count). The van der Waals surface area contributed by atoms with Gasteiger partial charge in [-0.05, 0) is 62.9 Å². The molecule has 1 amide bonds. The van der Waals surface area contributed by atoms with Crippen LogP contribution < -0.4 is 9.64 Å². The number of hydrogen-bond donors (Lipinski definition) is 0. The highest BCUT2D eigenvalue weighted by atomic mass is 19.1. The fourth-order valence-electron chi connectivity index (χ4n) is 4.64. The Balaban J connectivity index is 1.37. The Bertz CT molecular complexity index is 1560. The van der Waals surface area contributed by atoms with Crippen LogP contribution in [0.25, 0.3) is 22.6 Å². The lowest BCUT2D eigenvalue weighted by molar-refractivity contribution is 0.0338. The minimum absolute atomic E-state index is 0.0679. The topological polar surface area (TPSA) is 95.3 Å². The molecule has 3 aromatic heterocycles. The lowest BCUT2D eigenvalue weighted by Gasteiger charge is -2.37. The third-order valence-electron chi connectivity index (χ3n) is 6.75. The second kappa shape index (κ2) is 8.90. The Morgan fingerprint density at radius 2 is 1.97 bits per heavy atom. The van der Waals surface area contributed by atoms with Crippen LogP contribution >= 0.6 is 0 Å². The first-order valence-electron chi connectivity index (χ1n) is 12.5. The molecule has 0 saturated heterocycles. The molecule has 0 N–H and O–H groups in total. The molecule has 38 heavy (non-hydrogen) atoms. The van der Waals surface area contributed by atoms with Crippen molar-refractivity contribution in [2.75, 3.05) is 4.90 Å². The molecule has 4 aromatic rings. The van der Waals surface area contributed by atoms with Crippen LogP contribution in [0.1, 0.15) is 43.4 Å². The first kappa shape index (κ1) is 24.0. The monoisotopic (exact) mass is 514 g/mol. The molecule has 0 spiro atoms. The number of fused-ring (bicyclic) bond motifs is 1. The molecule has 0 unspecified atom stereocenters. The number of aryl methyl sites for hydroxylation is 2. The Morgan fingerprint density at radius 1 is 1.16 bits per heavy atom. The molecule has 0 radical (unpaired) electrons. The van der Waals surface area contributed by atoms with Crippen molar-refractivity contribution in [3.63, 3.8) is 0 Å². The van der Waals surface area contributed by atoms with Gasteiger partial charge in [0, 0.05) is 31.2 Å². The fourth-order valence-corrected chi connectivity index (χ4v) is 4.64. The van der Waals surface area contributed by atoms with Crippen molar-refractivity contribution in [3.05, 3.63) is 71.7 Å². The van der Waals surface area contributed by atoms with Gasteiger partial charge < -0.3 is 14.0 Å². The predicted octanol–water partition coefficient (Wildman–Crippen LogP) is 5.32. The predicted molar refractivity (Wildman–Crippen MR) is 138 cm³/mol. The lowest BCUT2D eigenvalue weighted by atomic mass is 9.98. The third kappa shape index (κ3) is 4.36. The van der Waals surface area contributed by atoms with E-state index in [0.29, 0.717) is 39.8 Å². The van der Waals surface area contributed by atoms with E-state index in [1.165, 1.54) is 17.3 Å². The van der Waals surface area contributed by atoms with Crippen LogP contribution in [0.4, 0.5) is 15.0 Å². The highest BCUT2D eigenvalue weighted by molar-refractivity contribution is 5.90. The number of carbonyl (C=O) groups is 1. The summed E-state index contributed by atoms with van der Waals surface area (Å²) in [7, 11) is 1.88. The third-order valence-corrected chi connectivity index (χ3v) is 6.75. The molecule has 0 atom stereocenters. The van der Waals surface area contributed by atoms with E-state index < -0.39 is 11.7 Å². The summed E-state index contributed by atoms with van der Waals surface area (Å²) in [6.45, 7) is 5.61. The number of carbonyl (C=O) groups excluding carboxylic acids is 1. The standard InChI is InChI=1S/C28H27FN6O3/c1-16-9-23(34(4)13-16)19-8-5-17(10-22(19)29)14-35-25-21(28(2,3)38-27(35)36)12-31-24(33-25)20-11-30-15-32-26(20)37-18-6-7-18/h5,8-13,15,18H,6-7,14H2,1-4H3. The zero-order valence-electron chi connectivity index (χ0n) is 21.6. The van der Waals surface area contributed by atoms with E-state index in [2.05, 4.69) is 15.0 Å². The van der Waals surface area contributed by atoms with Gasteiger partial charge in [-0.25, -0.2) is 29.1 Å². The van der Waals surface area contributed by atoms with E-state index >= 15 is 4.39 Å². The van der Waals surface area contributed by atoms with E-state index in [4.69, 9.17) is 14.5 Å². The maximum atomic E-state index is 15.2. The number of amides is 1. The van der Waals surface area contributed by atoms with Crippen molar-refractivity contribution in [2.24, 2.45) is 7.05 Å². The fraction of sp³-hybridized carbons (Fsp3) is 0.321. The SMILES string of the molecule is Cc1cc(-c2ccc(CN3C(=O)OC(C)(C)c4cnc(-c5cncnc5OC5CC5)nc43)cc2F)n(C)c1. The van der Waals surface area contributed by atoms with Gasteiger partial charge in [-0.1, -0.05) is 6.07 Å². The number of ether oxygens (including phenoxy) is 2. The van der Waals surface area contributed by atoms with Crippen LogP contribution in [0.15, 0.2) is 49.2 Å². The molecule has 1 fully saturated rings. The minimum Gasteiger partial charge on any atom is -0.474 e. The van der Waals surface area contributed by atoms with Crippen LogP contribution in [0.5, 0.6) is 5.88 Å². The van der Waals surface area contributed by atoms with E-state index in [-0.39, 0.29) is 18.5 Å². The normalized spacial score (nSPS) is 16.2. The summed E-state index contributed by atoms with van der Waals surface area (Å²) >= 11 is 0. The summed E-state index contributed by atoms with van der Waals surface area (Å²) in [5.41, 5.74) is 3.14. The molecule has 9 nitrogen and oxygen atoms in total. The van der Waals surface area contributed by atoms with E-state index in [0.717, 1.165) is 24.1 Å². The quantitative estimate of drug-likeness (QED) is 0.344. The van der Waals surface area contributed by atoms with Gasteiger partial charge >= 0.3 is 6.09 Å². The first-order valence-corrected chi connectivity index (χ1v) is 12.5. The van der Waals surface area contributed by atoms with Crippen molar-refractivity contribution in [1.29, 1.82) is 0 Å². The summed E-state index contributed by atoms with van der Waals surface area (Å²) < 4.78 is 28.8. The molecule has 4 heterocycles. The zero-order valence-corrected chi connectivity index (χ0v) is 21.6. The van der Waals surface area contributed by atoms with Gasteiger partial charge in [0.2, 0.25) is 5.88 Å². The number of hydrogen-bond acceptors (Lipinski definition) is 7. The van der Waals surface area contributed by atoms with Crippen molar-refractivity contribution >= 4 is 11.9 Å². The number of anilines is 1. The molecule has 1 aliphatic carbocycles. The van der Waals surface area contributed by atoms with Crippen molar-refractivity contribution in [1.82, 2.24) is 24.5 Å². The lowest BCUT2D eigenvalue weighted by Crippen LogP contribution is -2.43. The largest absolute Gasteiger partial charge is 0.474 e. The van der Waals surface area contributed by atoms with Gasteiger partial charge in [0.1, 0.15) is 29.7 Å². The molecule has 1 aromatic carbocycles. The highest BCUT2D eigenvalue weighted by Gasteiger charge is 2.40. The molecule has 0 bridgehead atoms. The van der Waals surface area contributed by atoms with Gasteiger partial charge in [-0.2, -0.15) is 0 Å². The Hall–Kier alpha value is -4.34. The summed E-state index contributed by atoms with van der Waals surface area (Å²) in [6, 6.07) is 6.92. The maximum absolute atomic E-state index is 15.2. The van der Waals surface area contributed by atoms with Crippen molar-refractivity contribution < 1.29 is 18.7 Å². The average Bonchev–Trinajstić information content (AvgIpc) is 3.63. The van der Waals surface area contributed by atoms with Gasteiger partial charge in [-0.3, -0.25) is 4.90 Å². The molecule has 194 valence electrons. The number of nitrogens with zero attached hydrogens (tertiary/aromatic N) is 6. The van der Waals surface area contributed by atoms with Crippen molar-refractivity contribution in [2.45, 2.75) is 51.9 Å². The maximum Gasteiger partial charge on any atom is 0.416 e. The summed E-state index contributed by atoms with van der Waals surface area (Å²) in [4.78, 5) is 32.2. The summed E-state index contributed by atoms with van der Waals surface area (Å²) in [5, 5.41) is 0. The van der Waals surface area contributed by atoms with E-state index in [1.807, 2.05) is 36.9 Å². The molecule has 1 aliphatic heterocycles. The summed E-state index contributed by atoms with van der Waals surface area (Å²) in [6.07, 6.45) is 8.11. The molecular formula is C28H27FN6O3. The second-order valence-electron chi connectivity index (χ2n) is 10.3. The van der Waals surface area contributed by atoms with Crippen LogP contribution in [-0.2, 0) is 23.9 Å². The van der Waals surface area contributed by atoms with Crippen molar-refractivity contribution in [3.8, 4) is 28.5 Å². The molecule has 10 heteroatoms. The number of benzene rings is 1. The van der Waals surface area contributed by atoms with Gasteiger partial charge in [0.25, 0.3) is 0 Å². The smallest absolute Gasteiger partial charge is 0.416 e. The van der Waals surface area contributed by atoms with E-state index in [9.17, 15) is 4.79 Å². The number of aromatic nitrogens is 5. The Morgan fingerprint density at radius 3 is 2.68 bits per heavy atom. The van der Waals surface area contributed by atoms with Crippen LogP contribution in [0, 0.1) is 12.7 Å². The minimum atomic E-state index is -0.943. The molecule has 2 aliphatic rings. The number of rotatable bonds is 6. The van der Waals surface area contributed by atoms with Gasteiger partial charge in [0.15, 0.2) is 5.82 Å².